The molecule has 0 aliphatic carbocycles. The number of fused-ring (bicyclic) bond motifs is 1. The van der Waals surface area contributed by atoms with Crippen LogP contribution in [0.3, 0.4) is 0 Å². The van der Waals surface area contributed by atoms with Gasteiger partial charge < -0.3 is 30.1 Å². The highest BCUT2D eigenvalue weighted by Gasteiger charge is 2.33. The summed E-state index contributed by atoms with van der Waals surface area (Å²) in [5.41, 5.74) is 1.54. The summed E-state index contributed by atoms with van der Waals surface area (Å²) in [5.74, 6) is 0.591. The van der Waals surface area contributed by atoms with Crippen LogP contribution >= 0.6 is 11.3 Å². The smallest absolute Gasteiger partial charge is 0.323 e. The molecule has 11 nitrogen and oxygen atoms in total. The van der Waals surface area contributed by atoms with Crippen LogP contribution in [0.2, 0.25) is 0 Å². The Morgan fingerprint density at radius 3 is 2.52 bits per heavy atom. The zero-order valence-electron chi connectivity index (χ0n) is 23.9. The minimum atomic E-state index is -3.73. The van der Waals surface area contributed by atoms with E-state index in [1.165, 1.54) is 11.4 Å². The Kier molecular flexibility index (Phi) is 10.1. The third-order valence-electron chi connectivity index (χ3n) is 7.12. The number of aliphatic hydroxyl groups excluding tert-OH is 1. The number of likely N-dealkylation sites (N-methyl/N-ethyl adjacent to an activating group) is 1. The second-order valence-corrected chi connectivity index (χ2v) is 13.5. The zero-order valence-corrected chi connectivity index (χ0v) is 25.6. The minimum Gasteiger partial charge on any atom is -0.497 e. The first kappa shape index (κ1) is 31.3. The number of anilines is 2. The van der Waals surface area contributed by atoms with Gasteiger partial charge in [-0.3, -0.25) is 4.79 Å². The van der Waals surface area contributed by atoms with Crippen LogP contribution in [0.5, 0.6) is 11.5 Å². The molecule has 0 radical (unpaired) electrons. The molecule has 3 N–H and O–H groups in total. The molecule has 1 aliphatic rings. The maximum Gasteiger partial charge on any atom is 0.323 e. The molecular formula is C29H36N4O7S2. The van der Waals surface area contributed by atoms with Gasteiger partial charge in [-0.1, -0.05) is 13.0 Å². The molecule has 0 unspecified atom stereocenters. The fraction of sp³-hybridized carbons (Fsp3) is 0.379. The standard InChI is InChI=1S/C29H36N4O7S2/c1-19-16-33(20(2)18-34)27(35)15-21-14-23(31-29(36)30-22-7-10-24(39-4)11-8-22)9-12-25(21)40-26(19)17-32(3)42(37,38)28-6-5-13-41-28/h5-14,19-20,26,34H,15-18H2,1-4H3,(H2,30,31,36)/t19-,20-,26+/m0/s1. The van der Waals surface area contributed by atoms with Crippen LogP contribution in [-0.4, -0.2) is 80.7 Å². The number of carbonyl (C=O) groups is 2. The summed E-state index contributed by atoms with van der Waals surface area (Å²) in [4.78, 5) is 27.7. The van der Waals surface area contributed by atoms with Gasteiger partial charge >= 0.3 is 6.03 Å². The molecule has 1 aliphatic heterocycles. The number of amides is 3. The van der Waals surface area contributed by atoms with Gasteiger partial charge in [0, 0.05) is 36.4 Å². The van der Waals surface area contributed by atoms with Crippen molar-refractivity contribution < 1.29 is 32.6 Å². The molecule has 42 heavy (non-hydrogen) atoms. The summed E-state index contributed by atoms with van der Waals surface area (Å²) >= 11 is 1.14. The summed E-state index contributed by atoms with van der Waals surface area (Å²) in [7, 11) is -0.666. The molecule has 13 heteroatoms. The number of thiophene rings is 1. The molecule has 0 saturated heterocycles. The summed E-state index contributed by atoms with van der Waals surface area (Å²) in [6.07, 6.45) is -0.641. The molecule has 3 amide bonds. The summed E-state index contributed by atoms with van der Waals surface area (Å²) in [6.45, 7) is 3.73. The van der Waals surface area contributed by atoms with Crippen LogP contribution in [0.4, 0.5) is 16.2 Å². The molecule has 2 heterocycles. The van der Waals surface area contributed by atoms with E-state index in [9.17, 15) is 23.1 Å². The molecule has 0 saturated carbocycles. The van der Waals surface area contributed by atoms with Crippen molar-refractivity contribution in [3.63, 3.8) is 0 Å². The Hall–Kier alpha value is -3.65. The van der Waals surface area contributed by atoms with E-state index in [4.69, 9.17) is 9.47 Å². The van der Waals surface area contributed by atoms with Gasteiger partial charge in [0.2, 0.25) is 5.91 Å². The zero-order chi connectivity index (χ0) is 30.4. The van der Waals surface area contributed by atoms with Crippen LogP contribution in [0.25, 0.3) is 0 Å². The van der Waals surface area contributed by atoms with Gasteiger partial charge in [-0.15, -0.1) is 11.3 Å². The fourth-order valence-corrected chi connectivity index (χ4v) is 6.99. The second kappa shape index (κ2) is 13.6. The predicted molar refractivity (Wildman–Crippen MR) is 162 cm³/mol. The molecule has 3 aromatic rings. The van der Waals surface area contributed by atoms with E-state index in [0.29, 0.717) is 28.4 Å². The van der Waals surface area contributed by atoms with Crippen LogP contribution in [0.1, 0.15) is 19.4 Å². The van der Waals surface area contributed by atoms with Gasteiger partial charge in [-0.25, -0.2) is 13.2 Å². The number of methoxy groups -OCH3 is 1. The lowest BCUT2D eigenvalue weighted by atomic mass is 10.0. The lowest BCUT2D eigenvalue weighted by molar-refractivity contribution is -0.134. The Bertz CT molecular complexity index is 1480. The number of benzene rings is 2. The van der Waals surface area contributed by atoms with Crippen molar-refractivity contribution >= 4 is 44.7 Å². The maximum atomic E-state index is 13.4. The van der Waals surface area contributed by atoms with Gasteiger partial charge in [-0.2, -0.15) is 4.31 Å². The highest BCUT2D eigenvalue weighted by Crippen LogP contribution is 2.30. The van der Waals surface area contributed by atoms with Crippen LogP contribution in [-0.2, 0) is 21.2 Å². The van der Waals surface area contributed by atoms with E-state index in [0.717, 1.165) is 11.3 Å². The highest BCUT2D eigenvalue weighted by molar-refractivity contribution is 7.91. The normalized spacial score (nSPS) is 18.2. The average Bonchev–Trinajstić information content (AvgIpc) is 3.53. The largest absolute Gasteiger partial charge is 0.497 e. The van der Waals surface area contributed by atoms with Crippen molar-refractivity contribution in [2.75, 3.05) is 44.5 Å². The van der Waals surface area contributed by atoms with Crippen LogP contribution < -0.4 is 20.1 Å². The maximum absolute atomic E-state index is 13.4. The first-order chi connectivity index (χ1) is 20.0. The second-order valence-electron chi connectivity index (χ2n) is 10.2. The summed E-state index contributed by atoms with van der Waals surface area (Å²) in [5, 5.41) is 17.1. The third-order valence-corrected chi connectivity index (χ3v) is 10.3. The van der Waals surface area contributed by atoms with Crippen molar-refractivity contribution in [1.29, 1.82) is 0 Å². The van der Waals surface area contributed by atoms with Gasteiger partial charge in [0.15, 0.2) is 0 Å². The SMILES string of the molecule is COc1ccc(NC(=O)Nc2ccc3c(c2)CC(=O)N([C@@H](C)CO)C[C@H](C)[C@@H](CN(C)S(=O)(=O)c2cccs2)O3)cc1. The molecule has 2 aromatic carbocycles. The van der Waals surface area contributed by atoms with Crippen molar-refractivity contribution in [3.8, 4) is 11.5 Å². The average molecular weight is 617 g/mol. The number of aliphatic hydroxyl groups is 1. The number of nitrogens with zero attached hydrogens (tertiary/aromatic N) is 2. The number of rotatable bonds is 9. The lowest BCUT2D eigenvalue weighted by Gasteiger charge is -2.33. The molecule has 0 fully saturated rings. The number of hydrogen-bond acceptors (Lipinski definition) is 8. The minimum absolute atomic E-state index is 0.0297. The third kappa shape index (κ3) is 7.40. The number of hydrogen-bond donors (Lipinski definition) is 3. The van der Waals surface area contributed by atoms with Crippen molar-refractivity contribution in [2.45, 2.75) is 36.6 Å². The number of sulfonamides is 1. The first-order valence-corrected chi connectivity index (χ1v) is 15.8. The van der Waals surface area contributed by atoms with Gasteiger partial charge in [0.25, 0.3) is 10.0 Å². The van der Waals surface area contributed by atoms with Crippen molar-refractivity contribution in [2.24, 2.45) is 5.92 Å². The topological polar surface area (TPSA) is 138 Å². The highest BCUT2D eigenvalue weighted by atomic mass is 32.2. The lowest BCUT2D eigenvalue weighted by Crippen LogP contribution is -2.48. The molecule has 4 rings (SSSR count). The van der Waals surface area contributed by atoms with E-state index < -0.39 is 28.2 Å². The van der Waals surface area contributed by atoms with Gasteiger partial charge in [-0.05, 0) is 60.8 Å². The molecule has 0 bridgehead atoms. The Morgan fingerprint density at radius 2 is 1.88 bits per heavy atom. The predicted octanol–water partition coefficient (Wildman–Crippen LogP) is 3.87. The van der Waals surface area contributed by atoms with E-state index in [2.05, 4.69) is 10.6 Å². The molecule has 1 aromatic heterocycles. The van der Waals surface area contributed by atoms with E-state index in [-0.39, 0.29) is 42.2 Å². The van der Waals surface area contributed by atoms with Crippen molar-refractivity contribution in [3.05, 3.63) is 65.5 Å². The quantitative estimate of drug-likeness (QED) is 0.332. The number of carbonyl (C=O) groups excluding carboxylic acids is 2. The Morgan fingerprint density at radius 1 is 1.19 bits per heavy atom. The van der Waals surface area contributed by atoms with E-state index in [1.54, 1.807) is 78.9 Å². The van der Waals surface area contributed by atoms with Crippen LogP contribution in [0, 0.1) is 5.92 Å². The van der Waals surface area contributed by atoms with Gasteiger partial charge in [0.1, 0.15) is 21.8 Å². The van der Waals surface area contributed by atoms with E-state index in [1.807, 2.05) is 6.92 Å². The number of urea groups is 1. The fourth-order valence-electron chi connectivity index (χ4n) is 4.61. The molecular weight excluding hydrogens is 580 g/mol. The van der Waals surface area contributed by atoms with Crippen molar-refractivity contribution in [1.82, 2.24) is 9.21 Å². The first-order valence-electron chi connectivity index (χ1n) is 13.4. The summed E-state index contributed by atoms with van der Waals surface area (Å²) < 4.78 is 39.4. The summed E-state index contributed by atoms with van der Waals surface area (Å²) in [6, 6.07) is 14.2. The number of nitrogens with one attached hydrogen (secondary N) is 2. The molecule has 0 spiro atoms. The Labute approximate surface area is 250 Å². The van der Waals surface area contributed by atoms with E-state index >= 15 is 0 Å². The molecule has 3 atom stereocenters. The number of ether oxygens (including phenoxy) is 2. The van der Waals surface area contributed by atoms with Crippen LogP contribution in [0.15, 0.2) is 64.2 Å². The molecule has 226 valence electrons. The van der Waals surface area contributed by atoms with Gasteiger partial charge in [0.05, 0.1) is 32.7 Å². The monoisotopic (exact) mass is 616 g/mol. The Balaban J connectivity index is 1.59.